The molecular formula is C13H19FN2O. The second-order valence-corrected chi connectivity index (χ2v) is 4.63. The number of nitrogen functional groups attached to an aromatic ring is 1. The number of hydrogen-bond donors (Lipinski definition) is 2. The van der Waals surface area contributed by atoms with E-state index in [2.05, 4.69) is 4.90 Å². The minimum atomic E-state index is -0.557. The van der Waals surface area contributed by atoms with Gasteiger partial charge in [0.25, 0.3) is 0 Å². The SMILES string of the molecule is Nc1cc(C(O)CCN2CCCC2)ccc1F. The zero-order valence-corrected chi connectivity index (χ0v) is 9.90. The molecule has 1 unspecified atom stereocenters. The molecule has 4 heteroatoms. The van der Waals surface area contributed by atoms with Crippen molar-refractivity contribution < 1.29 is 9.50 Å². The molecule has 0 saturated carbocycles. The van der Waals surface area contributed by atoms with E-state index in [1.807, 2.05) is 0 Å². The molecule has 3 nitrogen and oxygen atoms in total. The highest BCUT2D eigenvalue weighted by Crippen LogP contribution is 2.22. The van der Waals surface area contributed by atoms with Crippen LogP contribution in [-0.4, -0.2) is 29.6 Å². The fourth-order valence-electron chi connectivity index (χ4n) is 2.25. The number of aliphatic hydroxyl groups excluding tert-OH is 1. The van der Waals surface area contributed by atoms with Crippen LogP contribution in [0.4, 0.5) is 10.1 Å². The topological polar surface area (TPSA) is 49.5 Å². The molecule has 1 aliphatic rings. The van der Waals surface area contributed by atoms with Gasteiger partial charge in [-0.1, -0.05) is 6.07 Å². The Bertz CT molecular complexity index is 378. The number of halogens is 1. The van der Waals surface area contributed by atoms with Gasteiger partial charge >= 0.3 is 0 Å². The van der Waals surface area contributed by atoms with Gasteiger partial charge in [-0.05, 0) is 50.0 Å². The van der Waals surface area contributed by atoms with E-state index >= 15 is 0 Å². The number of hydrogen-bond acceptors (Lipinski definition) is 3. The van der Waals surface area contributed by atoms with E-state index < -0.39 is 11.9 Å². The molecule has 1 atom stereocenters. The Balaban J connectivity index is 1.89. The lowest BCUT2D eigenvalue weighted by molar-refractivity contribution is 0.149. The molecule has 0 amide bonds. The third kappa shape index (κ3) is 3.17. The minimum absolute atomic E-state index is 0.0997. The van der Waals surface area contributed by atoms with Crippen molar-refractivity contribution in [3.05, 3.63) is 29.6 Å². The third-order valence-corrected chi connectivity index (χ3v) is 3.32. The van der Waals surface area contributed by atoms with Crippen LogP contribution in [0, 0.1) is 5.82 Å². The zero-order valence-electron chi connectivity index (χ0n) is 9.90. The van der Waals surface area contributed by atoms with Gasteiger partial charge in [0.15, 0.2) is 0 Å². The quantitative estimate of drug-likeness (QED) is 0.788. The third-order valence-electron chi connectivity index (χ3n) is 3.32. The Morgan fingerprint density at radius 3 is 2.71 bits per heavy atom. The highest BCUT2D eigenvalue weighted by molar-refractivity contribution is 5.43. The Kier molecular flexibility index (Phi) is 3.97. The molecule has 17 heavy (non-hydrogen) atoms. The Hall–Kier alpha value is -1.13. The number of likely N-dealkylation sites (tertiary alicyclic amines) is 1. The number of rotatable bonds is 4. The molecule has 0 aromatic heterocycles. The number of nitrogens with zero attached hydrogens (tertiary/aromatic N) is 1. The molecule has 1 saturated heterocycles. The maximum atomic E-state index is 13.0. The van der Waals surface area contributed by atoms with Crippen molar-refractivity contribution in [3.63, 3.8) is 0 Å². The van der Waals surface area contributed by atoms with E-state index in [-0.39, 0.29) is 5.69 Å². The Morgan fingerprint density at radius 2 is 2.06 bits per heavy atom. The predicted octanol–water partition coefficient (Wildman–Crippen LogP) is 1.93. The van der Waals surface area contributed by atoms with Crippen molar-refractivity contribution in [1.82, 2.24) is 4.90 Å². The summed E-state index contributed by atoms with van der Waals surface area (Å²) < 4.78 is 13.0. The van der Waals surface area contributed by atoms with Crippen LogP contribution in [0.15, 0.2) is 18.2 Å². The fourth-order valence-corrected chi connectivity index (χ4v) is 2.25. The Labute approximate surface area is 101 Å². The second kappa shape index (κ2) is 5.47. The van der Waals surface area contributed by atoms with Crippen molar-refractivity contribution in [2.24, 2.45) is 0 Å². The summed E-state index contributed by atoms with van der Waals surface area (Å²) in [7, 11) is 0. The van der Waals surface area contributed by atoms with Gasteiger partial charge in [-0.25, -0.2) is 4.39 Å². The maximum absolute atomic E-state index is 13.0. The highest BCUT2D eigenvalue weighted by Gasteiger charge is 2.15. The van der Waals surface area contributed by atoms with Crippen molar-refractivity contribution in [2.45, 2.75) is 25.4 Å². The molecule has 1 aromatic carbocycles. The summed E-state index contributed by atoms with van der Waals surface area (Å²) >= 11 is 0. The normalized spacial score (nSPS) is 18.5. The molecule has 0 spiro atoms. The summed E-state index contributed by atoms with van der Waals surface area (Å²) in [6.07, 6.45) is 2.61. The first-order valence-corrected chi connectivity index (χ1v) is 6.12. The van der Waals surface area contributed by atoms with Crippen LogP contribution in [-0.2, 0) is 0 Å². The van der Waals surface area contributed by atoms with Gasteiger partial charge in [0.05, 0.1) is 11.8 Å². The van der Waals surface area contributed by atoms with Gasteiger partial charge in [-0.3, -0.25) is 0 Å². The zero-order chi connectivity index (χ0) is 12.3. The standard InChI is InChI=1S/C13H19FN2O/c14-11-4-3-10(9-12(11)15)13(17)5-8-16-6-1-2-7-16/h3-4,9,13,17H,1-2,5-8,15H2. The first kappa shape index (κ1) is 12.3. The maximum Gasteiger partial charge on any atom is 0.146 e. The predicted molar refractivity (Wildman–Crippen MR) is 66.1 cm³/mol. The smallest absolute Gasteiger partial charge is 0.146 e. The summed E-state index contributed by atoms with van der Waals surface area (Å²) in [5, 5.41) is 9.99. The van der Waals surface area contributed by atoms with Gasteiger partial charge in [0, 0.05) is 6.54 Å². The first-order valence-electron chi connectivity index (χ1n) is 6.12. The van der Waals surface area contributed by atoms with Crippen LogP contribution in [0.25, 0.3) is 0 Å². The highest BCUT2D eigenvalue weighted by atomic mass is 19.1. The van der Waals surface area contributed by atoms with E-state index in [1.54, 1.807) is 6.07 Å². The van der Waals surface area contributed by atoms with Gasteiger partial charge in [0.1, 0.15) is 5.82 Å². The summed E-state index contributed by atoms with van der Waals surface area (Å²) in [6.45, 7) is 3.13. The van der Waals surface area contributed by atoms with E-state index in [4.69, 9.17) is 5.73 Å². The summed E-state index contributed by atoms with van der Waals surface area (Å²) in [5.41, 5.74) is 6.28. The molecule has 0 radical (unpaired) electrons. The summed E-state index contributed by atoms with van der Waals surface area (Å²) in [6, 6.07) is 4.42. The van der Waals surface area contributed by atoms with Crippen molar-refractivity contribution in [1.29, 1.82) is 0 Å². The average molecular weight is 238 g/mol. The number of benzene rings is 1. The van der Waals surface area contributed by atoms with E-state index in [0.29, 0.717) is 12.0 Å². The Morgan fingerprint density at radius 1 is 1.35 bits per heavy atom. The lowest BCUT2D eigenvalue weighted by atomic mass is 10.1. The largest absolute Gasteiger partial charge is 0.396 e. The van der Waals surface area contributed by atoms with Crippen molar-refractivity contribution in [2.75, 3.05) is 25.4 Å². The molecule has 2 rings (SSSR count). The van der Waals surface area contributed by atoms with E-state index in [0.717, 1.165) is 19.6 Å². The lowest BCUT2D eigenvalue weighted by Crippen LogP contribution is -2.22. The van der Waals surface area contributed by atoms with Crippen LogP contribution in [0.5, 0.6) is 0 Å². The summed E-state index contributed by atoms with van der Waals surface area (Å²) in [5.74, 6) is -0.430. The second-order valence-electron chi connectivity index (χ2n) is 4.63. The van der Waals surface area contributed by atoms with Crippen LogP contribution in [0.3, 0.4) is 0 Å². The van der Waals surface area contributed by atoms with Gasteiger partial charge in [0.2, 0.25) is 0 Å². The lowest BCUT2D eigenvalue weighted by Gasteiger charge is -2.17. The molecule has 0 aliphatic carbocycles. The van der Waals surface area contributed by atoms with Gasteiger partial charge in [-0.2, -0.15) is 0 Å². The van der Waals surface area contributed by atoms with E-state index in [9.17, 15) is 9.50 Å². The van der Waals surface area contributed by atoms with Gasteiger partial charge in [-0.15, -0.1) is 0 Å². The number of nitrogens with two attached hydrogens (primary N) is 1. The van der Waals surface area contributed by atoms with Crippen LogP contribution in [0.1, 0.15) is 30.9 Å². The molecule has 1 aromatic rings. The molecule has 1 aliphatic heterocycles. The molecule has 1 fully saturated rings. The van der Waals surface area contributed by atoms with Crippen LogP contribution < -0.4 is 5.73 Å². The average Bonchev–Trinajstić information content (AvgIpc) is 2.82. The summed E-state index contributed by atoms with van der Waals surface area (Å²) in [4.78, 5) is 2.34. The molecular weight excluding hydrogens is 219 g/mol. The minimum Gasteiger partial charge on any atom is -0.396 e. The first-order chi connectivity index (χ1) is 8.16. The van der Waals surface area contributed by atoms with Crippen LogP contribution in [0.2, 0.25) is 0 Å². The molecule has 0 bridgehead atoms. The number of anilines is 1. The van der Waals surface area contributed by atoms with Crippen LogP contribution >= 0.6 is 0 Å². The van der Waals surface area contributed by atoms with E-state index in [1.165, 1.54) is 25.0 Å². The molecule has 3 N–H and O–H groups in total. The fraction of sp³-hybridized carbons (Fsp3) is 0.538. The number of aliphatic hydroxyl groups is 1. The van der Waals surface area contributed by atoms with Crippen molar-refractivity contribution in [3.8, 4) is 0 Å². The molecule has 1 heterocycles. The molecule has 94 valence electrons. The monoisotopic (exact) mass is 238 g/mol. The van der Waals surface area contributed by atoms with Crippen molar-refractivity contribution >= 4 is 5.69 Å². The van der Waals surface area contributed by atoms with Gasteiger partial charge < -0.3 is 15.7 Å².